The van der Waals surface area contributed by atoms with Gasteiger partial charge in [0.1, 0.15) is 29.4 Å². The average molecular weight is 429 g/mol. The fourth-order valence-electron chi connectivity index (χ4n) is 4.52. The van der Waals surface area contributed by atoms with Gasteiger partial charge in [-0.2, -0.15) is 0 Å². The second kappa shape index (κ2) is 7.41. The molecule has 2 atom stereocenters. The summed E-state index contributed by atoms with van der Waals surface area (Å²) >= 11 is 0. The number of carbonyl (C=O) groups excluding carboxylic acids is 2. The van der Waals surface area contributed by atoms with Gasteiger partial charge in [-0.3, -0.25) is 14.5 Å². The Labute approximate surface area is 185 Å². The molecule has 5 rings (SSSR count). The highest BCUT2D eigenvalue weighted by Gasteiger charge is 2.48. The topological polar surface area (TPSA) is 80.0 Å². The largest absolute Gasteiger partial charge is 0.507 e. The lowest BCUT2D eigenvalue weighted by molar-refractivity contribution is -0.132. The van der Waals surface area contributed by atoms with Crippen LogP contribution in [0.4, 0.5) is 5.69 Å². The Morgan fingerprint density at radius 1 is 1.09 bits per heavy atom. The molecule has 2 aliphatic heterocycles. The maximum atomic E-state index is 13.2. The summed E-state index contributed by atoms with van der Waals surface area (Å²) in [5.74, 6) is -0.480. The van der Waals surface area contributed by atoms with E-state index in [-0.39, 0.29) is 17.4 Å². The van der Waals surface area contributed by atoms with Gasteiger partial charge in [-0.1, -0.05) is 12.1 Å². The summed E-state index contributed by atoms with van der Waals surface area (Å²) < 4.78 is 11.4. The second-order valence-electron chi connectivity index (χ2n) is 8.36. The van der Waals surface area contributed by atoms with Crippen molar-refractivity contribution in [2.24, 2.45) is 0 Å². The lowest BCUT2D eigenvalue weighted by atomic mass is 9.97. The maximum absolute atomic E-state index is 13.2. The van der Waals surface area contributed by atoms with Crippen LogP contribution in [-0.2, 0) is 16.0 Å². The van der Waals surface area contributed by atoms with Crippen molar-refractivity contribution >= 4 is 23.1 Å². The number of ether oxygens (including phenoxy) is 1. The number of hydrogen-bond acceptors (Lipinski definition) is 5. The minimum absolute atomic E-state index is 0.0118. The van der Waals surface area contributed by atoms with E-state index in [0.29, 0.717) is 17.0 Å². The number of nitrogens with zero attached hydrogens (tertiary/aromatic N) is 1. The zero-order valence-corrected chi connectivity index (χ0v) is 18.1. The lowest BCUT2D eigenvalue weighted by Gasteiger charge is -2.25. The number of aryl methyl sites for hydroxylation is 1. The van der Waals surface area contributed by atoms with Crippen molar-refractivity contribution in [1.29, 1.82) is 0 Å². The quantitative estimate of drug-likeness (QED) is 0.366. The van der Waals surface area contributed by atoms with Gasteiger partial charge in [-0.25, -0.2) is 0 Å². The molecule has 1 N–H and O–H groups in total. The maximum Gasteiger partial charge on any atom is 0.300 e. The predicted molar refractivity (Wildman–Crippen MR) is 120 cm³/mol. The second-order valence-corrected chi connectivity index (χ2v) is 8.36. The summed E-state index contributed by atoms with van der Waals surface area (Å²) in [5, 5.41) is 11.3. The van der Waals surface area contributed by atoms with Crippen molar-refractivity contribution in [1.82, 2.24) is 0 Å². The minimum Gasteiger partial charge on any atom is -0.507 e. The van der Waals surface area contributed by atoms with Gasteiger partial charge in [0.15, 0.2) is 0 Å². The Morgan fingerprint density at radius 3 is 2.66 bits per heavy atom. The van der Waals surface area contributed by atoms with E-state index >= 15 is 0 Å². The highest BCUT2D eigenvalue weighted by atomic mass is 16.5. The molecule has 6 nitrogen and oxygen atoms in total. The van der Waals surface area contributed by atoms with Crippen LogP contribution >= 0.6 is 0 Å². The third kappa shape index (κ3) is 3.02. The van der Waals surface area contributed by atoms with Crippen LogP contribution in [0.5, 0.6) is 5.75 Å². The van der Waals surface area contributed by atoms with Crippen LogP contribution in [0.3, 0.4) is 0 Å². The van der Waals surface area contributed by atoms with Gasteiger partial charge in [0, 0.05) is 17.7 Å². The predicted octanol–water partition coefficient (Wildman–Crippen LogP) is 4.85. The molecule has 0 radical (unpaired) electrons. The van der Waals surface area contributed by atoms with Gasteiger partial charge < -0.3 is 14.3 Å². The van der Waals surface area contributed by atoms with Crippen LogP contribution < -0.4 is 9.64 Å². The number of amides is 1. The molecule has 0 aliphatic carbocycles. The Morgan fingerprint density at radius 2 is 1.91 bits per heavy atom. The van der Waals surface area contributed by atoms with Crippen molar-refractivity contribution in [3.63, 3.8) is 0 Å². The van der Waals surface area contributed by atoms with E-state index in [1.807, 2.05) is 39.0 Å². The number of carbonyl (C=O) groups is 2. The summed E-state index contributed by atoms with van der Waals surface area (Å²) in [6.45, 7) is 5.84. The van der Waals surface area contributed by atoms with Crippen LogP contribution in [0.25, 0.3) is 5.76 Å². The summed E-state index contributed by atoms with van der Waals surface area (Å²) in [6, 6.07) is 13.5. The van der Waals surface area contributed by atoms with Crippen LogP contribution in [0.1, 0.15) is 41.0 Å². The van der Waals surface area contributed by atoms with Crippen molar-refractivity contribution in [3.8, 4) is 5.75 Å². The molecular formula is C26H23NO5. The first kappa shape index (κ1) is 20.1. The number of rotatable bonds is 3. The molecule has 162 valence electrons. The number of aliphatic hydroxyl groups excluding tert-OH is 1. The van der Waals surface area contributed by atoms with Gasteiger partial charge in [0.25, 0.3) is 11.7 Å². The molecule has 0 spiro atoms. The first-order valence-electron chi connectivity index (χ1n) is 10.6. The fourth-order valence-corrected chi connectivity index (χ4v) is 4.52. The number of Topliss-reactive ketones (excluding diaryl/α,β-unsaturated/α-hetero) is 1. The number of anilines is 1. The molecule has 1 fully saturated rings. The van der Waals surface area contributed by atoms with Gasteiger partial charge in [0.2, 0.25) is 0 Å². The zero-order chi connectivity index (χ0) is 22.6. The van der Waals surface area contributed by atoms with Crippen molar-refractivity contribution in [2.45, 2.75) is 39.3 Å². The average Bonchev–Trinajstić information content (AvgIpc) is 3.48. The highest BCUT2D eigenvalue weighted by molar-refractivity contribution is 6.51. The minimum atomic E-state index is -0.867. The molecule has 6 heteroatoms. The molecule has 32 heavy (non-hydrogen) atoms. The number of fused-ring (bicyclic) bond motifs is 1. The molecule has 0 saturated carbocycles. The van der Waals surface area contributed by atoms with Crippen molar-refractivity contribution in [2.75, 3.05) is 4.90 Å². The number of hydrogen-bond donors (Lipinski definition) is 1. The van der Waals surface area contributed by atoms with E-state index < -0.39 is 17.7 Å². The number of ketones is 1. The Kier molecular flexibility index (Phi) is 4.66. The third-order valence-electron chi connectivity index (χ3n) is 6.26. The zero-order valence-electron chi connectivity index (χ0n) is 18.1. The summed E-state index contributed by atoms with van der Waals surface area (Å²) in [5.41, 5.74) is 3.93. The molecule has 1 saturated heterocycles. The van der Waals surface area contributed by atoms with E-state index in [1.54, 1.807) is 30.3 Å². The van der Waals surface area contributed by atoms with Gasteiger partial charge in [-0.05, 0) is 73.9 Å². The molecule has 1 amide bonds. The fraction of sp³-hybridized carbons (Fsp3) is 0.231. The Hall–Kier alpha value is -3.80. The van der Waals surface area contributed by atoms with E-state index in [9.17, 15) is 14.7 Å². The van der Waals surface area contributed by atoms with Crippen LogP contribution in [0.2, 0.25) is 0 Å². The molecule has 2 unspecified atom stereocenters. The molecule has 2 aliphatic rings. The normalized spacial score (nSPS) is 21.7. The molecule has 2 aromatic carbocycles. The van der Waals surface area contributed by atoms with E-state index in [2.05, 4.69) is 0 Å². The third-order valence-corrected chi connectivity index (χ3v) is 6.26. The first-order chi connectivity index (χ1) is 15.4. The standard InChI is InChI=1S/C26H23NO5/c1-14-6-4-7-19(16(14)3)27-23(21-8-5-11-31-21)22(25(29)26(27)30)24(28)17-9-10-20-18(13-17)12-15(2)32-20/h4-11,13,15,23,28H,12H2,1-3H3/b24-22-. The van der Waals surface area contributed by atoms with Gasteiger partial charge in [-0.15, -0.1) is 0 Å². The van der Waals surface area contributed by atoms with Crippen LogP contribution in [0.15, 0.2) is 64.8 Å². The lowest BCUT2D eigenvalue weighted by Crippen LogP contribution is -2.30. The molecule has 1 aromatic heterocycles. The molecule has 0 bridgehead atoms. The van der Waals surface area contributed by atoms with Crippen molar-refractivity contribution in [3.05, 3.63) is 88.4 Å². The highest BCUT2D eigenvalue weighted by Crippen LogP contribution is 2.44. The SMILES string of the molecule is Cc1cccc(N2C(=O)C(=O)/C(=C(\O)c3ccc4c(c3)CC(C)O4)C2c2ccco2)c1C. The number of furan rings is 1. The van der Waals surface area contributed by atoms with E-state index in [0.717, 1.165) is 28.9 Å². The smallest absolute Gasteiger partial charge is 0.300 e. The monoisotopic (exact) mass is 429 g/mol. The number of aliphatic hydroxyl groups is 1. The van der Waals surface area contributed by atoms with E-state index in [1.165, 1.54) is 11.2 Å². The molecule has 3 heterocycles. The molecular weight excluding hydrogens is 406 g/mol. The van der Waals surface area contributed by atoms with Crippen molar-refractivity contribution < 1.29 is 23.8 Å². The molecule has 3 aromatic rings. The van der Waals surface area contributed by atoms with Gasteiger partial charge in [0.05, 0.1) is 11.8 Å². The first-order valence-corrected chi connectivity index (χ1v) is 10.6. The summed E-state index contributed by atoms with van der Waals surface area (Å²) in [4.78, 5) is 27.9. The van der Waals surface area contributed by atoms with E-state index in [4.69, 9.17) is 9.15 Å². The van der Waals surface area contributed by atoms with Crippen LogP contribution in [0, 0.1) is 13.8 Å². The van der Waals surface area contributed by atoms with Crippen LogP contribution in [-0.4, -0.2) is 22.9 Å². The number of benzene rings is 2. The Balaban J connectivity index is 1.69. The van der Waals surface area contributed by atoms with Gasteiger partial charge >= 0.3 is 0 Å². The summed E-state index contributed by atoms with van der Waals surface area (Å²) in [6.07, 6.45) is 2.27. The Bertz CT molecular complexity index is 1270. The summed E-state index contributed by atoms with van der Waals surface area (Å²) in [7, 11) is 0.